The molecule has 0 saturated carbocycles. The van der Waals surface area contributed by atoms with Crippen molar-refractivity contribution in [3.8, 4) is 11.6 Å². The first-order valence-corrected chi connectivity index (χ1v) is 5.24. The molecule has 0 fully saturated rings. The summed E-state index contributed by atoms with van der Waals surface area (Å²) in [5.41, 5.74) is 1.77. The van der Waals surface area contributed by atoms with Crippen LogP contribution in [0.15, 0.2) is 22.9 Å². The summed E-state index contributed by atoms with van der Waals surface area (Å²) in [7, 11) is 0. The fourth-order valence-corrected chi connectivity index (χ4v) is 1.34. The van der Waals surface area contributed by atoms with Crippen molar-refractivity contribution in [2.75, 3.05) is 0 Å². The van der Waals surface area contributed by atoms with Crippen LogP contribution in [0.4, 0.5) is 0 Å². The fourth-order valence-electron chi connectivity index (χ4n) is 1.11. The summed E-state index contributed by atoms with van der Waals surface area (Å²) < 4.78 is 5.07. The predicted molar refractivity (Wildman–Crippen MR) is 54.9 cm³/mol. The zero-order chi connectivity index (χ0) is 9.97. The Balaban J connectivity index is 2.44. The highest BCUT2D eigenvalue weighted by molar-refractivity contribution is 9.08. The van der Waals surface area contributed by atoms with Crippen LogP contribution in [0.25, 0.3) is 11.6 Å². The third-order valence-corrected chi connectivity index (χ3v) is 2.30. The van der Waals surface area contributed by atoms with Crippen LogP contribution in [0.3, 0.4) is 0 Å². The molecule has 5 heteroatoms. The van der Waals surface area contributed by atoms with E-state index in [0.29, 0.717) is 17.0 Å². The van der Waals surface area contributed by atoms with Crippen molar-refractivity contribution < 1.29 is 4.52 Å². The maximum Gasteiger partial charge on any atom is 0.276 e. The third-order valence-electron chi connectivity index (χ3n) is 1.80. The Bertz CT molecular complexity index is 441. The van der Waals surface area contributed by atoms with Crippen molar-refractivity contribution in [1.29, 1.82) is 0 Å². The van der Waals surface area contributed by atoms with E-state index in [2.05, 4.69) is 31.1 Å². The summed E-state index contributed by atoms with van der Waals surface area (Å²) in [5.74, 6) is 1.10. The molecule has 4 nitrogen and oxygen atoms in total. The Morgan fingerprint density at radius 3 is 3.00 bits per heavy atom. The lowest BCUT2D eigenvalue weighted by molar-refractivity contribution is 0.424. The van der Waals surface area contributed by atoms with Gasteiger partial charge >= 0.3 is 0 Å². The number of pyridine rings is 1. The number of halogens is 1. The smallest absolute Gasteiger partial charge is 0.276 e. The number of aromatic nitrogens is 3. The van der Waals surface area contributed by atoms with Crippen LogP contribution in [0.2, 0.25) is 0 Å². The number of nitrogens with zero attached hydrogens (tertiary/aromatic N) is 3. The van der Waals surface area contributed by atoms with Crippen molar-refractivity contribution in [2.24, 2.45) is 0 Å². The van der Waals surface area contributed by atoms with Crippen molar-refractivity contribution in [1.82, 2.24) is 15.1 Å². The monoisotopic (exact) mass is 253 g/mol. The van der Waals surface area contributed by atoms with Crippen LogP contribution in [0.5, 0.6) is 0 Å². The minimum Gasteiger partial charge on any atom is -0.332 e. The van der Waals surface area contributed by atoms with E-state index in [9.17, 15) is 0 Å². The predicted octanol–water partition coefficient (Wildman–Crippen LogP) is 2.33. The Morgan fingerprint density at radius 1 is 1.50 bits per heavy atom. The summed E-state index contributed by atoms with van der Waals surface area (Å²) >= 11 is 3.26. The largest absolute Gasteiger partial charge is 0.332 e. The highest BCUT2D eigenvalue weighted by atomic mass is 79.9. The van der Waals surface area contributed by atoms with Gasteiger partial charge in [-0.25, -0.2) is 0 Å². The van der Waals surface area contributed by atoms with Crippen LogP contribution in [-0.2, 0) is 5.33 Å². The lowest BCUT2D eigenvalue weighted by atomic mass is 10.2. The molecule has 0 bridgehead atoms. The molecule has 0 aromatic carbocycles. The number of aryl methyl sites for hydroxylation is 1. The van der Waals surface area contributed by atoms with Gasteiger partial charge in [-0.1, -0.05) is 27.2 Å². The second-order valence-corrected chi connectivity index (χ2v) is 3.38. The van der Waals surface area contributed by atoms with E-state index >= 15 is 0 Å². The molecule has 2 rings (SSSR count). The standard InChI is InChI=1S/C9H8BrN3O/c1-6-3-2-4-11-8(6)9-12-7(5-10)13-14-9/h2-4H,5H2,1H3. The molecule has 14 heavy (non-hydrogen) atoms. The Labute approximate surface area is 89.5 Å². The van der Waals surface area contributed by atoms with Gasteiger partial charge < -0.3 is 4.52 Å². The van der Waals surface area contributed by atoms with E-state index in [0.717, 1.165) is 11.3 Å². The first kappa shape index (κ1) is 9.33. The molecule has 0 unspecified atom stereocenters. The summed E-state index contributed by atoms with van der Waals surface area (Å²) in [6, 6.07) is 3.83. The molecule has 72 valence electrons. The van der Waals surface area contributed by atoms with E-state index in [1.165, 1.54) is 0 Å². The molecule has 0 radical (unpaired) electrons. The van der Waals surface area contributed by atoms with Gasteiger partial charge in [-0.05, 0) is 18.6 Å². The highest BCUT2D eigenvalue weighted by Crippen LogP contribution is 2.18. The summed E-state index contributed by atoms with van der Waals surface area (Å²) in [6.07, 6.45) is 1.71. The number of rotatable bonds is 2. The Kier molecular flexibility index (Phi) is 2.58. The molecule has 2 aromatic rings. The topological polar surface area (TPSA) is 51.8 Å². The first-order chi connectivity index (χ1) is 6.81. The minimum absolute atomic E-state index is 0.470. The summed E-state index contributed by atoms with van der Waals surface area (Å²) in [4.78, 5) is 8.36. The van der Waals surface area contributed by atoms with Crippen LogP contribution in [0, 0.1) is 6.92 Å². The molecule has 0 aliphatic heterocycles. The Morgan fingerprint density at radius 2 is 2.36 bits per heavy atom. The van der Waals surface area contributed by atoms with Gasteiger partial charge in [0.2, 0.25) is 0 Å². The van der Waals surface area contributed by atoms with Crippen molar-refractivity contribution >= 4 is 15.9 Å². The normalized spacial score (nSPS) is 10.4. The second kappa shape index (κ2) is 3.88. The van der Waals surface area contributed by atoms with Gasteiger partial charge in [-0.2, -0.15) is 4.98 Å². The van der Waals surface area contributed by atoms with Crippen molar-refractivity contribution in [3.05, 3.63) is 29.7 Å². The number of hydrogen-bond donors (Lipinski definition) is 0. The van der Waals surface area contributed by atoms with Crippen LogP contribution in [0.1, 0.15) is 11.4 Å². The van der Waals surface area contributed by atoms with Crippen LogP contribution in [-0.4, -0.2) is 15.1 Å². The van der Waals surface area contributed by atoms with Gasteiger partial charge in [0.05, 0.1) is 5.33 Å². The molecule has 0 aliphatic carbocycles. The van der Waals surface area contributed by atoms with Crippen molar-refractivity contribution in [2.45, 2.75) is 12.3 Å². The minimum atomic E-state index is 0.470. The average Bonchev–Trinajstić information content (AvgIpc) is 2.67. The summed E-state index contributed by atoms with van der Waals surface area (Å²) in [6.45, 7) is 1.96. The van der Waals surface area contributed by atoms with E-state index in [1.54, 1.807) is 6.20 Å². The van der Waals surface area contributed by atoms with Gasteiger partial charge in [-0.15, -0.1) is 0 Å². The lowest BCUT2D eigenvalue weighted by Gasteiger charge is -1.96. The molecule has 0 aliphatic rings. The number of hydrogen-bond acceptors (Lipinski definition) is 4. The van der Waals surface area contributed by atoms with Crippen LogP contribution >= 0.6 is 15.9 Å². The molecule has 0 atom stereocenters. The van der Waals surface area contributed by atoms with Gasteiger partial charge in [0.15, 0.2) is 5.82 Å². The molecular formula is C9H8BrN3O. The van der Waals surface area contributed by atoms with Gasteiger partial charge in [-0.3, -0.25) is 4.98 Å². The molecule has 2 aromatic heterocycles. The SMILES string of the molecule is Cc1cccnc1-c1nc(CBr)no1. The van der Waals surface area contributed by atoms with Gasteiger partial charge in [0, 0.05) is 6.20 Å². The lowest BCUT2D eigenvalue weighted by Crippen LogP contribution is -1.87. The average molecular weight is 254 g/mol. The molecule has 0 saturated heterocycles. The molecule has 0 N–H and O–H groups in total. The zero-order valence-electron chi connectivity index (χ0n) is 7.57. The fraction of sp³-hybridized carbons (Fsp3) is 0.222. The number of alkyl halides is 1. The maximum absolute atomic E-state index is 5.07. The van der Waals surface area contributed by atoms with E-state index < -0.39 is 0 Å². The van der Waals surface area contributed by atoms with Gasteiger partial charge in [0.25, 0.3) is 5.89 Å². The maximum atomic E-state index is 5.07. The van der Waals surface area contributed by atoms with E-state index in [4.69, 9.17) is 4.52 Å². The van der Waals surface area contributed by atoms with Crippen LogP contribution < -0.4 is 0 Å². The second-order valence-electron chi connectivity index (χ2n) is 2.82. The molecular weight excluding hydrogens is 246 g/mol. The molecule has 0 spiro atoms. The first-order valence-electron chi connectivity index (χ1n) is 4.12. The van der Waals surface area contributed by atoms with E-state index in [-0.39, 0.29) is 0 Å². The third kappa shape index (κ3) is 1.68. The van der Waals surface area contributed by atoms with Gasteiger partial charge in [0.1, 0.15) is 5.69 Å². The zero-order valence-corrected chi connectivity index (χ0v) is 9.15. The molecule has 0 amide bonds. The molecule has 2 heterocycles. The van der Waals surface area contributed by atoms with E-state index in [1.807, 2.05) is 19.1 Å². The quantitative estimate of drug-likeness (QED) is 0.772. The highest BCUT2D eigenvalue weighted by Gasteiger charge is 2.10. The van der Waals surface area contributed by atoms with Crippen molar-refractivity contribution in [3.63, 3.8) is 0 Å². The Hall–Kier alpha value is -1.23. The summed E-state index contributed by atoms with van der Waals surface area (Å²) in [5, 5.41) is 4.36.